The van der Waals surface area contributed by atoms with Crippen LogP contribution in [0.4, 0.5) is 0 Å². The van der Waals surface area contributed by atoms with Crippen molar-refractivity contribution in [1.82, 2.24) is 5.32 Å². The Balaban J connectivity index is 1.57. The van der Waals surface area contributed by atoms with Crippen LogP contribution in [-0.2, 0) is 17.9 Å². The van der Waals surface area contributed by atoms with E-state index in [-0.39, 0.29) is 18.2 Å². The van der Waals surface area contributed by atoms with Crippen molar-refractivity contribution >= 4 is 34.9 Å². The molecular formula is C21H17Cl2N2O2+. The van der Waals surface area contributed by atoms with Gasteiger partial charge >= 0.3 is 0 Å². The van der Waals surface area contributed by atoms with E-state index in [1.807, 2.05) is 18.2 Å². The van der Waals surface area contributed by atoms with Crippen molar-refractivity contribution in [2.45, 2.75) is 13.1 Å². The van der Waals surface area contributed by atoms with Crippen LogP contribution in [0, 0.1) is 0 Å². The highest BCUT2D eigenvalue weighted by Crippen LogP contribution is 2.20. The first-order valence-electron chi connectivity index (χ1n) is 8.32. The predicted molar refractivity (Wildman–Crippen MR) is 105 cm³/mol. The van der Waals surface area contributed by atoms with E-state index in [9.17, 15) is 9.59 Å². The lowest BCUT2D eigenvalue weighted by Crippen LogP contribution is -2.42. The molecule has 27 heavy (non-hydrogen) atoms. The van der Waals surface area contributed by atoms with Gasteiger partial charge in [-0.2, -0.15) is 4.57 Å². The molecule has 0 spiro atoms. The number of ketones is 1. The van der Waals surface area contributed by atoms with Gasteiger partial charge in [-0.3, -0.25) is 9.59 Å². The maximum absolute atomic E-state index is 12.4. The van der Waals surface area contributed by atoms with Crippen LogP contribution in [-0.4, -0.2) is 11.7 Å². The van der Waals surface area contributed by atoms with Gasteiger partial charge in [0.1, 0.15) is 0 Å². The van der Waals surface area contributed by atoms with Gasteiger partial charge < -0.3 is 5.32 Å². The van der Waals surface area contributed by atoms with E-state index in [1.54, 1.807) is 59.4 Å². The minimum Gasteiger partial charge on any atom is -0.346 e. The van der Waals surface area contributed by atoms with Crippen molar-refractivity contribution in [1.29, 1.82) is 0 Å². The number of hydrogen-bond acceptors (Lipinski definition) is 2. The second-order valence-corrected chi connectivity index (χ2v) is 6.81. The molecule has 0 radical (unpaired) electrons. The fourth-order valence-electron chi connectivity index (χ4n) is 2.55. The third kappa shape index (κ3) is 5.16. The molecule has 0 atom stereocenters. The molecule has 3 rings (SSSR count). The SMILES string of the molecule is O=C(C[n+]1ccc(C(=O)c2ccccc2)cc1)NCc1ccc(Cl)cc1Cl. The standard InChI is InChI=1S/C21H16Cl2N2O2/c22-18-7-6-17(19(23)12-18)13-24-20(26)14-25-10-8-16(9-11-25)21(27)15-4-2-1-3-5-15/h1-12H,13-14H2/p+1. The highest BCUT2D eigenvalue weighted by Gasteiger charge is 2.13. The predicted octanol–water partition coefficient (Wildman–Crippen LogP) is 3.83. The number of aromatic nitrogens is 1. The molecule has 0 saturated heterocycles. The normalized spacial score (nSPS) is 10.4. The smallest absolute Gasteiger partial charge is 0.286 e. The number of amides is 1. The average Bonchev–Trinajstić information content (AvgIpc) is 2.68. The van der Waals surface area contributed by atoms with E-state index in [2.05, 4.69) is 5.32 Å². The number of carbonyl (C=O) groups excluding carboxylic acids is 2. The van der Waals surface area contributed by atoms with E-state index >= 15 is 0 Å². The number of halogens is 2. The second kappa shape index (κ2) is 8.80. The zero-order chi connectivity index (χ0) is 19.2. The minimum atomic E-state index is -0.159. The zero-order valence-electron chi connectivity index (χ0n) is 14.4. The molecule has 0 saturated carbocycles. The summed E-state index contributed by atoms with van der Waals surface area (Å²) in [6.45, 7) is 0.463. The summed E-state index contributed by atoms with van der Waals surface area (Å²) in [7, 11) is 0. The molecule has 0 aliphatic carbocycles. The van der Waals surface area contributed by atoms with Crippen molar-refractivity contribution in [3.8, 4) is 0 Å². The van der Waals surface area contributed by atoms with E-state index in [1.165, 1.54) is 0 Å². The summed E-state index contributed by atoms with van der Waals surface area (Å²) in [4.78, 5) is 24.5. The number of carbonyl (C=O) groups is 2. The van der Waals surface area contributed by atoms with Crippen LogP contribution in [0.3, 0.4) is 0 Å². The van der Waals surface area contributed by atoms with Crippen molar-refractivity contribution in [2.24, 2.45) is 0 Å². The number of hydrogen-bond donors (Lipinski definition) is 1. The lowest BCUT2D eigenvalue weighted by atomic mass is 10.0. The molecule has 0 unspecified atom stereocenters. The first-order valence-corrected chi connectivity index (χ1v) is 9.08. The van der Waals surface area contributed by atoms with E-state index < -0.39 is 0 Å². The first-order chi connectivity index (χ1) is 13.0. The van der Waals surface area contributed by atoms with Gasteiger partial charge in [-0.1, -0.05) is 59.6 Å². The monoisotopic (exact) mass is 399 g/mol. The zero-order valence-corrected chi connectivity index (χ0v) is 15.9. The molecule has 136 valence electrons. The summed E-state index contributed by atoms with van der Waals surface area (Å²) < 4.78 is 1.71. The highest BCUT2D eigenvalue weighted by molar-refractivity contribution is 6.35. The maximum atomic E-state index is 12.4. The molecule has 1 amide bonds. The van der Waals surface area contributed by atoms with Crippen LogP contribution in [0.5, 0.6) is 0 Å². The fourth-order valence-corrected chi connectivity index (χ4v) is 3.03. The minimum absolute atomic E-state index is 0.0513. The van der Waals surface area contributed by atoms with Crippen molar-refractivity contribution < 1.29 is 14.2 Å². The topological polar surface area (TPSA) is 50.0 Å². The van der Waals surface area contributed by atoms with Gasteiger partial charge in [0, 0.05) is 39.8 Å². The van der Waals surface area contributed by atoms with Gasteiger partial charge in [0.2, 0.25) is 6.54 Å². The molecule has 0 bridgehead atoms. The number of nitrogens with one attached hydrogen (secondary N) is 1. The summed E-state index contributed by atoms with van der Waals surface area (Å²) >= 11 is 12.0. The van der Waals surface area contributed by atoms with Gasteiger partial charge in [-0.15, -0.1) is 0 Å². The maximum Gasteiger partial charge on any atom is 0.286 e. The Morgan fingerprint density at radius 3 is 2.22 bits per heavy atom. The molecule has 0 aliphatic rings. The Morgan fingerprint density at radius 2 is 1.56 bits per heavy atom. The fraction of sp³-hybridized carbons (Fsp3) is 0.0952. The number of pyridine rings is 1. The Hall–Kier alpha value is -2.69. The highest BCUT2D eigenvalue weighted by atomic mass is 35.5. The van der Waals surface area contributed by atoms with Crippen LogP contribution in [0.1, 0.15) is 21.5 Å². The van der Waals surface area contributed by atoms with E-state index in [4.69, 9.17) is 23.2 Å². The molecule has 1 N–H and O–H groups in total. The number of benzene rings is 2. The molecule has 6 heteroatoms. The summed E-state index contributed by atoms with van der Waals surface area (Å²) in [5.41, 5.74) is 2.00. The van der Waals surface area contributed by atoms with E-state index in [0.29, 0.717) is 27.7 Å². The molecule has 2 aromatic carbocycles. The van der Waals surface area contributed by atoms with E-state index in [0.717, 1.165) is 5.56 Å². The van der Waals surface area contributed by atoms with Gasteiger partial charge in [0.05, 0.1) is 0 Å². The summed E-state index contributed by atoms with van der Waals surface area (Å²) in [5, 5.41) is 3.88. The Labute approximate surface area is 167 Å². The molecule has 3 aromatic rings. The summed E-state index contributed by atoms with van der Waals surface area (Å²) in [6.07, 6.45) is 3.43. The van der Waals surface area contributed by atoms with Crippen LogP contribution >= 0.6 is 23.2 Å². The summed E-state index contributed by atoms with van der Waals surface area (Å²) in [6, 6.07) is 17.6. The third-order valence-corrected chi connectivity index (χ3v) is 4.59. The molecule has 1 heterocycles. The number of nitrogens with zero attached hydrogens (tertiary/aromatic N) is 1. The van der Waals surface area contributed by atoms with Gasteiger partial charge in [0.25, 0.3) is 5.91 Å². The molecule has 0 fully saturated rings. The van der Waals surface area contributed by atoms with Gasteiger partial charge in [-0.25, -0.2) is 0 Å². The lowest BCUT2D eigenvalue weighted by molar-refractivity contribution is -0.684. The number of rotatable bonds is 6. The average molecular weight is 400 g/mol. The first kappa shape index (κ1) is 19.1. The quantitative estimate of drug-likeness (QED) is 0.505. The van der Waals surface area contributed by atoms with Crippen LogP contribution in [0.2, 0.25) is 10.0 Å². The van der Waals surface area contributed by atoms with Crippen LogP contribution in [0.15, 0.2) is 73.1 Å². The van der Waals surface area contributed by atoms with Gasteiger partial charge in [-0.05, 0) is 17.7 Å². The Morgan fingerprint density at radius 1 is 0.889 bits per heavy atom. The summed E-state index contributed by atoms with van der Waals surface area (Å²) in [5.74, 6) is -0.210. The van der Waals surface area contributed by atoms with Crippen molar-refractivity contribution in [3.63, 3.8) is 0 Å². The third-order valence-electron chi connectivity index (χ3n) is 4.01. The molecule has 0 aliphatic heterocycles. The second-order valence-electron chi connectivity index (χ2n) is 5.97. The molecular weight excluding hydrogens is 383 g/mol. The van der Waals surface area contributed by atoms with Gasteiger partial charge in [0.15, 0.2) is 18.2 Å². The van der Waals surface area contributed by atoms with Crippen molar-refractivity contribution in [2.75, 3.05) is 0 Å². The van der Waals surface area contributed by atoms with Crippen LogP contribution < -0.4 is 9.88 Å². The Bertz CT molecular complexity index is 958. The lowest BCUT2D eigenvalue weighted by Gasteiger charge is -2.06. The molecule has 1 aromatic heterocycles. The molecule has 4 nitrogen and oxygen atoms in total. The Kier molecular flexibility index (Phi) is 6.22. The van der Waals surface area contributed by atoms with Crippen LogP contribution in [0.25, 0.3) is 0 Å². The largest absolute Gasteiger partial charge is 0.346 e. The van der Waals surface area contributed by atoms with Crippen molar-refractivity contribution in [3.05, 3.63) is 99.8 Å².